The van der Waals surface area contributed by atoms with E-state index in [2.05, 4.69) is 0 Å². The Bertz CT molecular complexity index is 854. The molecule has 0 atom stereocenters. The van der Waals surface area contributed by atoms with Gasteiger partial charge in [-0.25, -0.2) is 0 Å². The van der Waals surface area contributed by atoms with Crippen molar-refractivity contribution < 1.29 is 28.6 Å². The van der Waals surface area contributed by atoms with E-state index in [9.17, 15) is 14.4 Å². The van der Waals surface area contributed by atoms with Gasteiger partial charge in [-0.05, 0) is 7.05 Å². The highest BCUT2D eigenvalue weighted by Crippen LogP contribution is 2.30. The lowest BCUT2D eigenvalue weighted by atomic mass is 9.89. The fourth-order valence-corrected chi connectivity index (χ4v) is 3.48. The molecule has 1 aliphatic rings. The van der Waals surface area contributed by atoms with Gasteiger partial charge in [0.2, 0.25) is 17.5 Å². The molecular formula is C23H33N3O6. The lowest BCUT2D eigenvalue weighted by Crippen LogP contribution is -2.46. The number of rotatable bonds is 13. The van der Waals surface area contributed by atoms with E-state index < -0.39 is 0 Å². The van der Waals surface area contributed by atoms with Crippen molar-refractivity contribution in [3.05, 3.63) is 46.8 Å². The Morgan fingerprint density at radius 3 is 1.84 bits per heavy atom. The Morgan fingerprint density at radius 1 is 0.781 bits per heavy atom. The number of ether oxygens (including phenoxy) is 3. The minimum Gasteiger partial charge on any atom is -0.383 e. The monoisotopic (exact) mass is 447 g/mol. The van der Waals surface area contributed by atoms with Crippen LogP contribution in [0.15, 0.2) is 35.7 Å². The van der Waals surface area contributed by atoms with Crippen molar-refractivity contribution in [2.75, 3.05) is 81.4 Å². The summed E-state index contributed by atoms with van der Waals surface area (Å²) in [5.74, 6) is -0.950. The number of hydrogen-bond acceptors (Lipinski definition) is 8. The quantitative estimate of drug-likeness (QED) is 0.441. The number of nitrogens with zero attached hydrogens (tertiary/aromatic N) is 3. The van der Waals surface area contributed by atoms with Gasteiger partial charge in [0.15, 0.2) is 0 Å². The van der Waals surface area contributed by atoms with Gasteiger partial charge in [-0.3, -0.25) is 19.3 Å². The Morgan fingerprint density at radius 2 is 1.28 bits per heavy atom. The van der Waals surface area contributed by atoms with Crippen LogP contribution in [0.5, 0.6) is 0 Å². The van der Waals surface area contributed by atoms with Gasteiger partial charge in [0.25, 0.3) is 0 Å². The third-order valence-corrected chi connectivity index (χ3v) is 5.26. The van der Waals surface area contributed by atoms with E-state index in [0.29, 0.717) is 37.4 Å². The number of hydrogen-bond donors (Lipinski definition) is 0. The topological polar surface area (TPSA) is 88.6 Å². The fourth-order valence-electron chi connectivity index (χ4n) is 3.48. The average Bonchev–Trinajstić information content (AvgIpc) is 2.79. The van der Waals surface area contributed by atoms with E-state index in [0.717, 1.165) is 0 Å². The number of methoxy groups -OCH3 is 3. The number of amides is 1. The van der Waals surface area contributed by atoms with Crippen LogP contribution in [0.4, 0.5) is 0 Å². The molecule has 9 heteroatoms. The highest BCUT2D eigenvalue weighted by Gasteiger charge is 2.38. The van der Waals surface area contributed by atoms with Gasteiger partial charge in [0.05, 0.1) is 26.4 Å². The van der Waals surface area contributed by atoms with Gasteiger partial charge < -0.3 is 24.0 Å². The number of likely N-dealkylation sites (N-methyl/N-ethyl adjacent to an activating group) is 2. The fraction of sp³-hybridized carbons (Fsp3) is 0.522. The summed E-state index contributed by atoms with van der Waals surface area (Å²) in [7, 11) is 8.20. The molecule has 0 saturated heterocycles. The lowest BCUT2D eigenvalue weighted by Gasteiger charge is -2.34. The van der Waals surface area contributed by atoms with Crippen LogP contribution in [0.2, 0.25) is 0 Å². The van der Waals surface area contributed by atoms with Crippen LogP contribution in [0, 0.1) is 0 Å². The predicted octanol–water partition coefficient (Wildman–Crippen LogP) is 0.909. The minimum absolute atomic E-state index is 0.0642. The summed E-state index contributed by atoms with van der Waals surface area (Å²) in [6.07, 6.45) is 0. The molecule has 0 unspecified atom stereocenters. The van der Waals surface area contributed by atoms with Crippen LogP contribution in [0.1, 0.15) is 20.7 Å². The zero-order valence-corrected chi connectivity index (χ0v) is 19.6. The second-order valence-corrected chi connectivity index (χ2v) is 7.58. The summed E-state index contributed by atoms with van der Waals surface area (Å²) in [6.45, 7) is 2.20. The molecule has 0 fully saturated rings. The average molecular weight is 448 g/mol. The molecule has 1 aromatic carbocycles. The maximum Gasteiger partial charge on any atom is 0.241 e. The van der Waals surface area contributed by atoms with Crippen molar-refractivity contribution in [1.29, 1.82) is 0 Å². The molecule has 0 spiro atoms. The van der Waals surface area contributed by atoms with Gasteiger partial charge in [0, 0.05) is 59.1 Å². The molecule has 1 aromatic rings. The van der Waals surface area contributed by atoms with Crippen molar-refractivity contribution in [1.82, 2.24) is 14.7 Å². The molecule has 0 aliphatic heterocycles. The van der Waals surface area contributed by atoms with Crippen LogP contribution in [0.25, 0.3) is 0 Å². The Kier molecular flexibility index (Phi) is 9.98. The largest absolute Gasteiger partial charge is 0.383 e. The molecule has 0 saturated carbocycles. The van der Waals surface area contributed by atoms with Gasteiger partial charge in [-0.15, -0.1) is 0 Å². The number of Topliss-reactive ketones (excluding diaryl/α,β-unsaturated/α-hetero) is 2. The highest BCUT2D eigenvalue weighted by atomic mass is 16.5. The van der Waals surface area contributed by atoms with Crippen molar-refractivity contribution in [2.24, 2.45) is 0 Å². The van der Waals surface area contributed by atoms with Crippen LogP contribution >= 0.6 is 0 Å². The molecule has 0 N–H and O–H groups in total. The van der Waals surface area contributed by atoms with Gasteiger partial charge in [-0.1, -0.05) is 24.3 Å². The number of carbonyl (C=O) groups is 3. The molecule has 0 aromatic heterocycles. The van der Waals surface area contributed by atoms with Crippen molar-refractivity contribution in [3.63, 3.8) is 0 Å². The second-order valence-electron chi connectivity index (χ2n) is 7.58. The molecule has 0 bridgehead atoms. The maximum absolute atomic E-state index is 13.6. The molecular weight excluding hydrogens is 414 g/mol. The minimum atomic E-state index is -0.358. The molecule has 32 heavy (non-hydrogen) atoms. The van der Waals surface area contributed by atoms with Crippen LogP contribution in [-0.4, -0.2) is 114 Å². The molecule has 1 aliphatic carbocycles. The SMILES string of the molecule is COCCN(C)CC(=O)N(CCOC)C1=C(N(C)CCOC)C(=O)c2ccccc2C1=O. The summed E-state index contributed by atoms with van der Waals surface area (Å²) >= 11 is 0. The van der Waals surface area contributed by atoms with Crippen LogP contribution < -0.4 is 0 Å². The van der Waals surface area contributed by atoms with Crippen LogP contribution in [0.3, 0.4) is 0 Å². The van der Waals surface area contributed by atoms with Crippen LogP contribution in [-0.2, 0) is 19.0 Å². The summed E-state index contributed by atoms with van der Waals surface area (Å²) in [5, 5.41) is 0. The zero-order valence-electron chi connectivity index (χ0n) is 19.6. The molecule has 176 valence electrons. The molecule has 9 nitrogen and oxygen atoms in total. The van der Waals surface area contributed by atoms with Crippen molar-refractivity contribution >= 4 is 17.5 Å². The standard InChI is InChI=1S/C23H33N3O6/c1-24(10-13-30-3)16-19(27)26(12-15-32-5)21-20(25(2)11-14-31-4)22(28)17-8-6-7-9-18(17)23(21)29/h6-9H,10-16H2,1-5H3. The normalized spacial score (nSPS) is 13.6. The summed E-state index contributed by atoms with van der Waals surface area (Å²) < 4.78 is 15.4. The number of fused-ring (bicyclic) bond motifs is 1. The molecule has 2 rings (SSSR count). The predicted molar refractivity (Wildman–Crippen MR) is 120 cm³/mol. The lowest BCUT2D eigenvalue weighted by molar-refractivity contribution is -0.130. The highest BCUT2D eigenvalue weighted by molar-refractivity contribution is 6.27. The maximum atomic E-state index is 13.6. The summed E-state index contributed by atoms with van der Waals surface area (Å²) in [4.78, 5) is 45.2. The molecule has 1 amide bonds. The smallest absolute Gasteiger partial charge is 0.241 e. The van der Waals surface area contributed by atoms with Gasteiger partial charge in [-0.2, -0.15) is 0 Å². The van der Waals surface area contributed by atoms with Gasteiger partial charge >= 0.3 is 0 Å². The summed E-state index contributed by atoms with van der Waals surface area (Å²) in [5.41, 5.74) is 0.889. The molecule has 0 heterocycles. The van der Waals surface area contributed by atoms with Crippen molar-refractivity contribution in [2.45, 2.75) is 0 Å². The third kappa shape index (κ3) is 6.01. The third-order valence-electron chi connectivity index (χ3n) is 5.26. The summed E-state index contributed by atoms with van der Waals surface area (Å²) in [6, 6.07) is 6.68. The number of allylic oxidation sites excluding steroid dienone is 2. The zero-order chi connectivity index (χ0) is 23.7. The van der Waals surface area contributed by atoms with E-state index in [-0.39, 0.29) is 48.6 Å². The van der Waals surface area contributed by atoms with E-state index in [4.69, 9.17) is 14.2 Å². The van der Waals surface area contributed by atoms with E-state index in [1.807, 2.05) is 4.90 Å². The van der Waals surface area contributed by atoms with E-state index in [1.54, 1.807) is 57.5 Å². The first-order valence-electron chi connectivity index (χ1n) is 10.5. The molecule has 0 radical (unpaired) electrons. The first-order chi connectivity index (χ1) is 15.4. The number of carbonyl (C=O) groups excluding carboxylic acids is 3. The van der Waals surface area contributed by atoms with Gasteiger partial charge in [0.1, 0.15) is 11.4 Å². The second kappa shape index (κ2) is 12.4. The first-order valence-corrected chi connectivity index (χ1v) is 10.5. The Balaban J connectivity index is 2.54. The number of benzene rings is 1. The van der Waals surface area contributed by atoms with E-state index in [1.165, 1.54) is 12.0 Å². The van der Waals surface area contributed by atoms with E-state index >= 15 is 0 Å². The number of ketones is 2. The first kappa shape index (κ1) is 25.7. The Labute approximate surface area is 189 Å². The Hall–Kier alpha value is -2.59. The van der Waals surface area contributed by atoms with Crippen molar-refractivity contribution in [3.8, 4) is 0 Å².